The van der Waals surface area contributed by atoms with Crippen LogP contribution in [0.3, 0.4) is 0 Å². The second-order valence-corrected chi connectivity index (χ2v) is 7.56. The van der Waals surface area contributed by atoms with Crippen LogP contribution >= 0.6 is 0 Å². The molecule has 33 heavy (non-hydrogen) atoms. The second-order valence-electron chi connectivity index (χ2n) is 7.56. The third-order valence-corrected chi connectivity index (χ3v) is 5.01. The number of esters is 1. The fourth-order valence-electron chi connectivity index (χ4n) is 3.55. The number of ether oxygens (including phenoxy) is 1. The molecule has 0 unspecified atom stereocenters. The van der Waals surface area contributed by atoms with Crippen LogP contribution in [0.15, 0.2) is 47.4 Å². The number of rotatable bonds is 5. The van der Waals surface area contributed by atoms with Crippen molar-refractivity contribution in [3.63, 3.8) is 0 Å². The van der Waals surface area contributed by atoms with Gasteiger partial charge in [0.05, 0.1) is 23.7 Å². The van der Waals surface area contributed by atoms with E-state index < -0.39 is 11.9 Å². The molecule has 4 rings (SSSR count). The quantitative estimate of drug-likeness (QED) is 0.397. The molecule has 4 N–H and O–H groups in total. The zero-order valence-corrected chi connectivity index (χ0v) is 18.7. The van der Waals surface area contributed by atoms with E-state index in [0.717, 1.165) is 29.8 Å². The fourth-order valence-corrected chi connectivity index (χ4v) is 3.55. The highest BCUT2D eigenvalue weighted by Crippen LogP contribution is 2.30. The molecule has 0 saturated heterocycles. The summed E-state index contributed by atoms with van der Waals surface area (Å²) < 4.78 is 6.89. The van der Waals surface area contributed by atoms with Gasteiger partial charge in [0.15, 0.2) is 0 Å². The number of aromatic amines is 1. The van der Waals surface area contributed by atoms with Crippen LogP contribution in [0.1, 0.15) is 29.3 Å². The molecule has 0 aliphatic heterocycles. The number of nitrogens with zero attached hydrogens (tertiary/aromatic N) is 2. The zero-order valence-electron chi connectivity index (χ0n) is 18.7. The monoisotopic (exact) mass is 450 g/mol. The summed E-state index contributed by atoms with van der Waals surface area (Å²) in [6, 6.07) is 11.0. The van der Waals surface area contributed by atoms with Crippen LogP contribution in [0.2, 0.25) is 0 Å². The van der Waals surface area contributed by atoms with Crippen molar-refractivity contribution in [1.29, 1.82) is 0 Å². The predicted molar refractivity (Wildman–Crippen MR) is 126 cm³/mol. The van der Waals surface area contributed by atoms with Gasteiger partial charge in [0.2, 0.25) is 0 Å². The van der Waals surface area contributed by atoms with Crippen LogP contribution < -0.4 is 11.3 Å². The first-order valence-corrected chi connectivity index (χ1v) is 10.4. The Balaban J connectivity index is 0.000000709. The Bertz CT molecular complexity index is 1380. The molecule has 0 aliphatic carbocycles. The van der Waals surface area contributed by atoms with Crippen LogP contribution in [-0.4, -0.2) is 45.2 Å². The molecule has 0 bridgehead atoms. The van der Waals surface area contributed by atoms with Gasteiger partial charge in [-0.1, -0.05) is 6.07 Å². The second kappa shape index (κ2) is 10.1. The largest absolute Gasteiger partial charge is 0.481 e. The lowest BCUT2D eigenvalue weighted by molar-refractivity contribution is -0.134. The maximum Gasteiger partial charge on any atom is 0.337 e. The minimum absolute atomic E-state index is 0.275. The van der Waals surface area contributed by atoms with Gasteiger partial charge in [-0.2, -0.15) is 0 Å². The number of carboxylic acids is 1. The fraction of sp³-hybridized carbons (Fsp3) is 0.250. The molecule has 0 saturated carbocycles. The van der Waals surface area contributed by atoms with Gasteiger partial charge in [-0.3, -0.25) is 9.59 Å². The maximum atomic E-state index is 12.8. The summed E-state index contributed by atoms with van der Waals surface area (Å²) in [5.41, 5.74) is 10.2. The van der Waals surface area contributed by atoms with E-state index in [1.165, 1.54) is 7.11 Å². The highest BCUT2D eigenvalue weighted by Gasteiger charge is 2.17. The van der Waals surface area contributed by atoms with E-state index in [0.29, 0.717) is 40.9 Å². The summed E-state index contributed by atoms with van der Waals surface area (Å²) in [6.45, 7) is 4.33. The number of nitrogens with two attached hydrogens (primary N) is 1. The Morgan fingerprint density at radius 1 is 1.21 bits per heavy atom. The van der Waals surface area contributed by atoms with Gasteiger partial charge in [0.25, 0.3) is 11.5 Å². The van der Waals surface area contributed by atoms with Crippen LogP contribution in [0.4, 0.5) is 0 Å². The molecule has 9 heteroatoms. The van der Waals surface area contributed by atoms with Gasteiger partial charge in [-0.15, -0.1) is 0 Å². The molecule has 172 valence electrons. The van der Waals surface area contributed by atoms with Crippen molar-refractivity contribution in [1.82, 2.24) is 14.5 Å². The number of H-pyrrole nitrogens is 1. The van der Waals surface area contributed by atoms with Crippen molar-refractivity contribution in [3.8, 4) is 11.3 Å². The van der Waals surface area contributed by atoms with Crippen molar-refractivity contribution >= 4 is 33.9 Å². The highest BCUT2D eigenvalue weighted by molar-refractivity contribution is 6.01. The van der Waals surface area contributed by atoms with E-state index in [-0.39, 0.29) is 5.56 Å². The first-order chi connectivity index (χ1) is 15.7. The van der Waals surface area contributed by atoms with E-state index in [1.54, 1.807) is 12.1 Å². The lowest BCUT2D eigenvalue weighted by atomic mass is 10.1. The van der Waals surface area contributed by atoms with Gasteiger partial charge >= 0.3 is 5.97 Å². The Kier molecular flexibility index (Phi) is 7.24. The normalized spacial score (nSPS) is 10.7. The molecule has 0 amide bonds. The highest BCUT2D eigenvalue weighted by atomic mass is 16.5. The molecule has 0 atom stereocenters. The number of hydrogen-bond donors (Lipinski definition) is 3. The summed E-state index contributed by atoms with van der Waals surface area (Å²) in [4.78, 5) is 41.4. The van der Waals surface area contributed by atoms with Crippen LogP contribution in [0.5, 0.6) is 0 Å². The van der Waals surface area contributed by atoms with Gasteiger partial charge < -0.3 is 25.1 Å². The molecule has 2 heterocycles. The summed E-state index contributed by atoms with van der Waals surface area (Å²) in [5.74, 6) is -1.26. The minimum Gasteiger partial charge on any atom is -0.481 e. The third kappa shape index (κ3) is 5.27. The number of methoxy groups -OCH3 is 1. The molecule has 0 fully saturated rings. The van der Waals surface area contributed by atoms with E-state index >= 15 is 0 Å². The smallest absolute Gasteiger partial charge is 0.337 e. The average molecular weight is 450 g/mol. The van der Waals surface area contributed by atoms with E-state index in [4.69, 9.17) is 20.4 Å². The van der Waals surface area contributed by atoms with Crippen molar-refractivity contribution < 1.29 is 19.4 Å². The minimum atomic E-state index is -0.833. The number of benzene rings is 2. The zero-order chi connectivity index (χ0) is 24.1. The van der Waals surface area contributed by atoms with Crippen LogP contribution in [-0.2, 0) is 16.1 Å². The van der Waals surface area contributed by atoms with Gasteiger partial charge in [-0.25, -0.2) is 9.78 Å². The molecular formula is C24H26N4O5. The Labute approximate surface area is 189 Å². The van der Waals surface area contributed by atoms with Crippen LogP contribution in [0, 0.1) is 6.92 Å². The number of aromatic nitrogens is 3. The van der Waals surface area contributed by atoms with Gasteiger partial charge in [-0.05, 0) is 55.8 Å². The summed E-state index contributed by atoms with van der Waals surface area (Å²) in [5, 5.41) is 8.19. The van der Waals surface area contributed by atoms with Gasteiger partial charge in [0.1, 0.15) is 5.69 Å². The first kappa shape index (κ1) is 23.7. The molecule has 0 aliphatic rings. The van der Waals surface area contributed by atoms with Crippen molar-refractivity contribution in [2.45, 2.75) is 26.8 Å². The number of aryl methyl sites for hydroxylation is 2. The molecule has 0 spiro atoms. The first-order valence-electron chi connectivity index (χ1n) is 10.4. The number of aliphatic carboxylic acids is 1. The number of nitrogens with one attached hydrogen (secondary N) is 1. The number of fused-ring (bicyclic) bond motifs is 2. The Morgan fingerprint density at radius 3 is 2.61 bits per heavy atom. The maximum absolute atomic E-state index is 12.8. The number of carboxylic acid groups (broad SMARTS) is 1. The number of carbonyl (C=O) groups is 2. The number of hydrogen-bond acceptors (Lipinski definition) is 6. The topological polar surface area (TPSA) is 140 Å². The predicted octanol–water partition coefficient (Wildman–Crippen LogP) is 3.08. The molecule has 2 aromatic carbocycles. The molecule has 2 aromatic heterocycles. The standard InChI is InChI=1S/C22H22N4O3.C2H4O2/c1-13-4-6-17-18(10-13)24-20(21(27)25-17)16-12-26(9-3-8-23)19-7-5-14(11-15(16)19)22(28)29-2;1-2(3)4/h4-7,10-12H,3,8-9,23H2,1-2H3,(H,25,27);1H3,(H,3,4). The van der Waals surface area contributed by atoms with Gasteiger partial charge in [0, 0.05) is 36.1 Å². The van der Waals surface area contributed by atoms with Crippen molar-refractivity contribution in [2.24, 2.45) is 5.73 Å². The Morgan fingerprint density at radius 2 is 1.94 bits per heavy atom. The molecule has 9 nitrogen and oxygen atoms in total. The number of carbonyl (C=O) groups excluding carboxylic acids is 1. The molecule has 4 aromatic rings. The van der Waals surface area contributed by atoms with E-state index in [1.807, 2.05) is 42.0 Å². The van der Waals surface area contributed by atoms with Crippen molar-refractivity contribution in [2.75, 3.05) is 13.7 Å². The lowest BCUT2D eigenvalue weighted by Gasteiger charge is -2.05. The average Bonchev–Trinajstić information content (AvgIpc) is 3.14. The van der Waals surface area contributed by atoms with Crippen LogP contribution in [0.25, 0.3) is 33.2 Å². The SMILES string of the molecule is CC(=O)O.COC(=O)c1ccc2c(c1)c(-c1nc3cc(C)ccc3[nH]c1=O)cn2CCCN. The summed E-state index contributed by atoms with van der Waals surface area (Å²) in [6.07, 6.45) is 2.70. The molecule has 0 radical (unpaired) electrons. The third-order valence-electron chi connectivity index (χ3n) is 5.01. The Hall–Kier alpha value is -3.98. The summed E-state index contributed by atoms with van der Waals surface area (Å²) in [7, 11) is 1.35. The lowest BCUT2D eigenvalue weighted by Crippen LogP contribution is -2.11. The summed E-state index contributed by atoms with van der Waals surface area (Å²) >= 11 is 0. The van der Waals surface area contributed by atoms with Crippen molar-refractivity contribution in [3.05, 3.63) is 64.1 Å². The van der Waals surface area contributed by atoms with E-state index in [2.05, 4.69) is 9.97 Å². The molecular weight excluding hydrogens is 424 g/mol. The van der Waals surface area contributed by atoms with E-state index in [9.17, 15) is 9.59 Å².